The van der Waals surface area contributed by atoms with Crippen molar-refractivity contribution < 1.29 is 14.5 Å². The standard InChI is InChI=1S/C17H23N3O4/c1-10-6-7-11(9-13(10)20(22)23)19-15(21)17(18)12-5-4-8-24-14(12)16(17,2)3/h6-7,9,12,14H,4-5,8,18H2,1-3H3,(H,19,21). The number of nitrogens with one attached hydrogen (secondary N) is 1. The summed E-state index contributed by atoms with van der Waals surface area (Å²) in [6.45, 7) is 6.24. The van der Waals surface area contributed by atoms with Crippen LogP contribution in [0.15, 0.2) is 18.2 Å². The van der Waals surface area contributed by atoms with Gasteiger partial charge in [-0.25, -0.2) is 0 Å². The molecule has 7 nitrogen and oxygen atoms in total. The number of benzene rings is 1. The lowest BCUT2D eigenvalue weighted by Crippen LogP contribution is -2.81. The molecule has 1 heterocycles. The van der Waals surface area contributed by atoms with Crippen LogP contribution in [0.3, 0.4) is 0 Å². The van der Waals surface area contributed by atoms with Crippen molar-refractivity contribution >= 4 is 17.3 Å². The number of rotatable bonds is 3. The fourth-order valence-electron chi connectivity index (χ4n) is 4.16. The summed E-state index contributed by atoms with van der Waals surface area (Å²) < 4.78 is 5.80. The molecule has 1 amide bonds. The van der Waals surface area contributed by atoms with Gasteiger partial charge in [0.25, 0.3) is 5.69 Å². The van der Waals surface area contributed by atoms with Crippen molar-refractivity contribution in [3.05, 3.63) is 33.9 Å². The summed E-state index contributed by atoms with van der Waals surface area (Å²) in [4.78, 5) is 23.5. The Hall–Kier alpha value is -1.99. The molecule has 24 heavy (non-hydrogen) atoms. The second kappa shape index (κ2) is 5.53. The number of anilines is 1. The molecular weight excluding hydrogens is 310 g/mol. The first-order valence-corrected chi connectivity index (χ1v) is 8.16. The number of nitro benzene ring substituents is 1. The first-order chi connectivity index (χ1) is 11.2. The quantitative estimate of drug-likeness (QED) is 0.652. The summed E-state index contributed by atoms with van der Waals surface area (Å²) in [5.41, 5.74) is 5.91. The van der Waals surface area contributed by atoms with Crippen molar-refractivity contribution in [2.45, 2.75) is 45.3 Å². The fourth-order valence-corrected chi connectivity index (χ4v) is 4.16. The molecule has 0 radical (unpaired) electrons. The first-order valence-electron chi connectivity index (χ1n) is 8.16. The maximum Gasteiger partial charge on any atom is 0.274 e. The van der Waals surface area contributed by atoms with Gasteiger partial charge in [-0.05, 0) is 25.8 Å². The lowest BCUT2D eigenvalue weighted by molar-refractivity contribution is -0.385. The number of aryl methyl sites for hydroxylation is 1. The van der Waals surface area contributed by atoms with E-state index in [1.165, 1.54) is 6.07 Å². The molecule has 3 rings (SSSR count). The number of hydrogen-bond donors (Lipinski definition) is 2. The fraction of sp³-hybridized carbons (Fsp3) is 0.588. The van der Waals surface area contributed by atoms with Gasteiger partial charge in [-0.2, -0.15) is 0 Å². The third-order valence-electron chi connectivity index (χ3n) is 5.72. The lowest BCUT2D eigenvalue weighted by atomic mass is 9.46. The zero-order chi connectivity index (χ0) is 17.7. The number of nitrogens with zero attached hydrogens (tertiary/aromatic N) is 1. The Balaban J connectivity index is 1.84. The Bertz CT molecular complexity index is 703. The van der Waals surface area contributed by atoms with Crippen LogP contribution < -0.4 is 11.1 Å². The molecule has 7 heteroatoms. The summed E-state index contributed by atoms with van der Waals surface area (Å²) in [6.07, 6.45) is 1.72. The van der Waals surface area contributed by atoms with E-state index in [4.69, 9.17) is 10.5 Å². The van der Waals surface area contributed by atoms with Gasteiger partial charge in [-0.15, -0.1) is 0 Å². The molecule has 2 aliphatic rings. The topological polar surface area (TPSA) is 107 Å². The third-order valence-corrected chi connectivity index (χ3v) is 5.72. The van der Waals surface area contributed by atoms with E-state index in [0.717, 1.165) is 12.8 Å². The zero-order valence-corrected chi connectivity index (χ0v) is 14.2. The van der Waals surface area contributed by atoms with Crippen molar-refractivity contribution in [2.75, 3.05) is 11.9 Å². The molecule has 1 saturated heterocycles. The SMILES string of the molecule is Cc1ccc(NC(=O)C2(N)C3CCCOC3C2(C)C)cc1[N+](=O)[O-]. The molecule has 0 aromatic heterocycles. The van der Waals surface area contributed by atoms with Crippen LogP contribution in [0.1, 0.15) is 32.3 Å². The monoisotopic (exact) mass is 333 g/mol. The number of amides is 1. The van der Waals surface area contributed by atoms with E-state index < -0.39 is 15.9 Å². The highest BCUT2D eigenvalue weighted by atomic mass is 16.6. The van der Waals surface area contributed by atoms with E-state index >= 15 is 0 Å². The lowest BCUT2D eigenvalue weighted by Gasteiger charge is -2.65. The second-order valence-corrected chi connectivity index (χ2v) is 7.34. The van der Waals surface area contributed by atoms with Crippen LogP contribution in [0.25, 0.3) is 0 Å². The molecule has 1 saturated carbocycles. The van der Waals surface area contributed by atoms with Crippen LogP contribution in [0.5, 0.6) is 0 Å². The van der Waals surface area contributed by atoms with Gasteiger partial charge in [0.2, 0.25) is 5.91 Å². The second-order valence-electron chi connectivity index (χ2n) is 7.34. The number of hydrogen-bond acceptors (Lipinski definition) is 5. The maximum absolute atomic E-state index is 12.9. The van der Waals surface area contributed by atoms with Crippen LogP contribution in [-0.2, 0) is 9.53 Å². The number of carbonyl (C=O) groups excluding carboxylic acids is 1. The van der Waals surface area contributed by atoms with Gasteiger partial charge in [-0.1, -0.05) is 19.9 Å². The van der Waals surface area contributed by atoms with Crippen molar-refractivity contribution in [1.82, 2.24) is 0 Å². The number of carbonyl (C=O) groups is 1. The Morgan fingerprint density at radius 1 is 1.46 bits per heavy atom. The molecule has 1 aliphatic heterocycles. The molecule has 3 atom stereocenters. The van der Waals surface area contributed by atoms with Crippen LogP contribution in [0, 0.1) is 28.4 Å². The minimum absolute atomic E-state index is 0.0191. The number of nitrogens with two attached hydrogens (primary N) is 1. The summed E-state index contributed by atoms with van der Waals surface area (Å²) >= 11 is 0. The smallest absolute Gasteiger partial charge is 0.274 e. The summed E-state index contributed by atoms with van der Waals surface area (Å²) in [6, 6.07) is 4.65. The van der Waals surface area contributed by atoms with Crippen molar-refractivity contribution in [2.24, 2.45) is 17.1 Å². The van der Waals surface area contributed by atoms with E-state index in [9.17, 15) is 14.9 Å². The highest BCUT2D eigenvalue weighted by molar-refractivity contribution is 6.00. The van der Waals surface area contributed by atoms with Crippen LogP contribution in [-0.4, -0.2) is 29.1 Å². The highest BCUT2D eigenvalue weighted by Gasteiger charge is 2.70. The summed E-state index contributed by atoms with van der Waals surface area (Å²) in [7, 11) is 0. The zero-order valence-electron chi connectivity index (χ0n) is 14.2. The molecule has 3 unspecified atom stereocenters. The third kappa shape index (κ3) is 2.22. The number of nitro groups is 1. The molecule has 0 spiro atoms. The predicted molar refractivity (Wildman–Crippen MR) is 89.6 cm³/mol. The van der Waals surface area contributed by atoms with E-state index in [-0.39, 0.29) is 23.6 Å². The summed E-state index contributed by atoms with van der Waals surface area (Å²) in [5.74, 6) is -0.334. The first kappa shape index (κ1) is 16.9. The molecule has 3 N–H and O–H groups in total. The Labute approximate surface area is 140 Å². The van der Waals surface area contributed by atoms with Crippen molar-refractivity contribution in [3.8, 4) is 0 Å². The predicted octanol–water partition coefficient (Wildman–Crippen LogP) is 2.37. The van der Waals surface area contributed by atoms with Gasteiger partial charge >= 0.3 is 0 Å². The molecule has 0 bridgehead atoms. The van der Waals surface area contributed by atoms with Gasteiger partial charge in [0.1, 0.15) is 5.54 Å². The normalized spacial score (nSPS) is 30.8. The largest absolute Gasteiger partial charge is 0.377 e. The molecular formula is C17H23N3O4. The van der Waals surface area contributed by atoms with Crippen molar-refractivity contribution in [3.63, 3.8) is 0 Å². The molecule has 1 aromatic rings. The molecule has 2 fully saturated rings. The minimum atomic E-state index is -1.04. The van der Waals surface area contributed by atoms with Crippen LogP contribution >= 0.6 is 0 Å². The van der Waals surface area contributed by atoms with E-state index in [1.807, 2.05) is 13.8 Å². The van der Waals surface area contributed by atoms with Crippen LogP contribution in [0.2, 0.25) is 0 Å². The van der Waals surface area contributed by atoms with Gasteiger partial charge in [0.05, 0.1) is 11.0 Å². The maximum atomic E-state index is 12.9. The van der Waals surface area contributed by atoms with Gasteiger partial charge in [0.15, 0.2) is 0 Å². The van der Waals surface area contributed by atoms with Crippen molar-refractivity contribution in [1.29, 1.82) is 0 Å². The average Bonchev–Trinajstić information content (AvgIpc) is 2.55. The Morgan fingerprint density at radius 2 is 2.17 bits per heavy atom. The van der Waals surface area contributed by atoms with Gasteiger partial charge in [0, 0.05) is 35.3 Å². The minimum Gasteiger partial charge on any atom is -0.377 e. The molecule has 1 aliphatic carbocycles. The summed E-state index contributed by atoms with van der Waals surface area (Å²) in [5, 5.41) is 13.8. The Morgan fingerprint density at radius 3 is 2.83 bits per heavy atom. The van der Waals surface area contributed by atoms with Gasteiger partial charge < -0.3 is 15.8 Å². The Kier molecular flexibility index (Phi) is 3.88. The number of fused-ring (bicyclic) bond motifs is 1. The highest BCUT2D eigenvalue weighted by Crippen LogP contribution is 2.57. The average molecular weight is 333 g/mol. The molecule has 1 aromatic carbocycles. The van der Waals surface area contributed by atoms with E-state index in [0.29, 0.717) is 17.9 Å². The van der Waals surface area contributed by atoms with Crippen LogP contribution in [0.4, 0.5) is 11.4 Å². The van der Waals surface area contributed by atoms with E-state index in [1.54, 1.807) is 19.1 Å². The number of ether oxygens (including phenoxy) is 1. The van der Waals surface area contributed by atoms with E-state index in [2.05, 4.69) is 5.32 Å². The van der Waals surface area contributed by atoms with Gasteiger partial charge in [-0.3, -0.25) is 14.9 Å². The molecule has 130 valence electrons.